The third-order valence-corrected chi connectivity index (χ3v) is 6.68. The van der Waals surface area contributed by atoms with Crippen LogP contribution in [-0.4, -0.2) is 32.9 Å². The lowest BCUT2D eigenvalue weighted by Crippen LogP contribution is -2.39. The number of nitrogens with zero attached hydrogens (tertiary/aromatic N) is 3. The van der Waals surface area contributed by atoms with Gasteiger partial charge in [0.15, 0.2) is 0 Å². The lowest BCUT2D eigenvalue weighted by molar-refractivity contribution is 0.0657. The largest absolute Gasteiger partial charge is 0.330 e. The smallest absolute Gasteiger partial charge is 0.255 e. The summed E-state index contributed by atoms with van der Waals surface area (Å²) in [5.74, 6) is 0.166. The molecule has 0 radical (unpaired) electrons. The zero-order chi connectivity index (χ0) is 18.1. The Balaban J connectivity index is 1.67. The SMILES string of the molecule is CSc1ccccc1C(=O)N(Cc1nn(C)c2c1CCC2)C1CCCC1. The average molecular weight is 370 g/mol. The Morgan fingerprint density at radius 3 is 2.77 bits per heavy atom. The van der Waals surface area contributed by atoms with Gasteiger partial charge in [-0.25, -0.2) is 0 Å². The van der Waals surface area contributed by atoms with Gasteiger partial charge in [-0.1, -0.05) is 25.0 Å². The molecule has 0 unspecified atom stereocenters. The molecule has 5 heteroatoms. The Morgan fingerprint density at radius 1 is 1.23 bits per heavy atom. The van der Waals surface area contributed by atoms with Crippen LogP contribution in [-0.2, 0) is 26.4 Å². The predicted molar refractivity (Wildman–Crippen MR) is 106 cm³/mol. The number of aryl methyl sites for hydroxylation is 1. The molecule has 2 aromatic rings. The quantitative estimate of drug-likeness (QED) is 0.741. The molecule has 4 nitrogen and oxygen atoms in total. The number of thioether (sulfide) groups is 1. The molecule has 0 saturated heterocycles. The summed E-state index contributed by atoms with van der Waals surface area (Å²) in [6.45, 7) is 0.648. The predicted octanol–water partition coefficient (Wildman–Crippen LogP) is 4.22. The molecule has 138 valence electrons. The standard InChI is InChI=1S/C21H27N3OS/c1-23-19-12-7-11-16(19)18(22-23)14-24(15-8-3-4-9-15)21(25)17-10-5-6-13-20(17)26-2/h5-6,10,13,15H,3-4,7-9,11-12,14H2,1-2H3. The van der Waals surface area contributed by atoms with E-state index in [9.17, 15) is 4.79 Å². The van der Waals surface area contributed by atoms with Crippen molar-refractivity contribution < 1.29 is 4.79 Å². The summed E-state index contributed by atoms with van der Waals surface area (Å²) < 4.78 is 2.03. The molecular weight excluding hydrogens is 342 g/mol. The Kier molecular flexibility index (Phi) is 5.07. The molecule has 4 rings (SSSR count). The number of carbonyl (C=O) groups is 1. The van der Waals surface area contributed by atoms with Gasteiger partial charge in [-0.2, -0.15) is 5.10 Å². The molecule has 0 bridgehead atoms. The highest BCUT2D eigenvalue weighted by Gasteiger charge is 2.31. The van der Waals surface area contributed by atoms with Crippen molar-refractivity contribution in [3.05, 3.63) is 46.8 Å². The van der Waals surface area contributed by atoms with Gasteiger partial charge in [0, 0.05) is 23.7 Å². The second-order valence-electron chi connectivity index (χ2n) is 7.42. The fourth-order valence-electron chi connectivity index (χ4n) is 4.54. The highest BCUT2D eigenvalue weighted by atomic mass is 32.2. The van der Waals surface area contributed by atoms with E-state index >= 15 is 0 Å². The van der Waals surface area contributed by atoms with Crippen LogP contribution in [0.4, 0.5) is 0 Å². The molecule has 1 saturated carbocycles. The lowest BCUT2D eigenvalue weighted by atomic mass is 10.1. The maximum atomic E-state index is 13.5. The summed E-state index contributed by atoms with van der Waals surface area (Å²) in [7, 11) is 2.04. The van der Waals surface area contributed by atoms with Crippen LogP contribution in [0.3, 0.4) is 0 Å². The van der Waals surface area contributed by atoms with E-state index in [4.69, 9.17) is 5.10 Å². The maximum Gasteiger partial charge on any atom is 0.255 e. The van der Waals surface area contributed by atoms with E-state index in [0.29, 0.717) is 12.6 Å². The van der Waals surface area contributed by atoms with Crippen LogP contribution in [0.2, 0.25) is 0 Å². The Morgan fingerprint density at radius 2 is 2.00 bits per heavy atom. The molecule has 0 spiro atoms. The maximum absolute atomic E-state index is 13.5. The van der Waals surface area contributed by atoms with Gasteiger partial charge in [0.1, 0.15) is 0 Å². The molecule has 1 heterocycles. The number of fused-ring (bicyclic) bond motifs is 1. The van der Waals surface area contributed by atoms with Crippen molar-refractivity contribution in [3.8, 4) is 0 Å². The highest BCUT2D eigenvalue weighted by Crippen LogP contribution is 2.31. The van der Waals surface area contributed by atoms with E-state index < -0.39 is 0 Å². The molecule has 1 aromatic carbocycles. The molecule has 2 aliphatic carbocycles. The van der Waals surface area contributed by atoms with Crippen molar-refractivity contribution in [1.82, 2.24) is 14.7 Å². The number of hydrogen-bond acceptors (Lipinski definition) is 3. The molecule has 0 aliphatic heterocycles. The molecule has 0 atom stereocenters. The lowest BCUT2D eigenvalue weighted by Gasteiger charge is -2.29. The summed E-state index contributed by atoms with van der Waals surface area (Å²) in [4.78, 5) is 16.7. The van der Waals surface area contributed by atoms with E-state index in [2.05, 4.69) is 4.90 Å². The first-order chi connectivity index (χ1) is 12.7. The van der Waals surface area contributed by atoms with Gasteiger partial charge in [-0.05, 0) is 56.1 Å². The van der Waals surface area contributed by atoms with Gasteiger partial charge >= 0.3 is 0 Å². The van der Waals surface area contributed by atoms with Crippen LogP contribution in [0.1, 0.15) is 59.4 Å². The van der Waals surface area contributed by atoms with E-state index in [-0.39, 0.29) is 5.91 Å². The molecule has 1 amide bonds. The number of hydrogen-bond donors (Lipinski definition) is 0. The minimum absolute atomic E-state index is 0.166. The Labute approximate surface area is 160 Å². The van der Waals surface area contributed by atoms with Gasteiger partial charge in [-0.15, -0.1) is 11.8 Å². The van der Waals surface area contributed by atoms with Crippen LogP contribution < -0.4 is 0 Å². The van der Waals surface area contributed by atoms with Crippen LogP contribution in [0.5, 0.6) is 0 Å². The monoisotopic (exact) mass is 369 g/mol. The van der Waals surface area contributed by atoms with Crippen molar-refractivity contribution in [2.45, 2.75) is 62.4 Å². The zero-order valence-corrected chi connectivity index (χ0v) is 16.5. The highest BCUT2D eigenvalue weighted by molar-refractivity contribution is 7.98. The van der Waals surface area contributed by atoms with Crippen molar-refractivity contribution >= 4 is 17.7 Å². The minimum atomic E-state index is 0.166. The average Bonchev–Trinajstić information content (AvgIpc) is 3.40. The third-order valence-electron chi connectivity index (χ3n) is 5.88. The summed E-state index contributed by atoms with van der Waals surface area (Å²) >= 11 is 1.65. The van der Waals surface area contributed by atoms with Gasteiger partial charge in [0.05, 0.1) is 17.8 Å². The number of aromatic nitrogens is 2. The van der Waals surface area contributed by atoms with Crippen LogP contribution in [0.25, 0.3) is 0 Å². The minimum Gasteiger partial charge on any atom is -0.330 e. The van der Waals surface area contributed by atoms with E-state index in [1.165, 1.54) is 30.5 Å². The Hall–Kier alpha value is -1.75. The van der Waals surface area contributed by atoms with Gasteiger partial charge < -0.3 is 4.90 Å². The summed E-state index contributed by atoms with van der Waals surface area (Å²) in [5.41, 5.74) is 4.70. The first-order valence-corrected chi connectivity index (χ1v) is 10.9. The second kappa shape index (κ2) is 7.47. The van der Waals surface area contributed by atoms with Gasteiger partial charge in [0.2, 0.25) is 0 Å². The van der Waals surface area contributed by atoms with Crippen LogP contribution in [0, 0.1) is 0 Å². The molecule has 0 N–H and O–H groups in total. The van der Waals surface area contributed by atoms with Gasteiger partial charge in [0.25, 0.3) is 5.91 Å². The first-order valence-electron chi connectivity index (χ1n) is 9.66. The van der Waals surface area contributed by atoms with E-state index in [1.54, 1.807) is 11.8 Å². The summed E-state index contributed by atoms with van der Waals surface area (Å²) in [5, 5.41) is 4.78. The fraction of sp³-hybridized carbons (Fsp3) is 0.524. The van der Waals surface area contributed by atoms with Crippen LogP contribution >= 0.6 is 11.8 Å². The van der Waals surface area contributed by atoms with Crippen LogP contribution in [0.15, 0.2) is 29.2 Å². The van der Waals surface area contributed by atoms with E-state index in [0.717, 1.165) is 41.8 Å². The zero-order valence-electron chi connectivity index (χ0n) is 15.7. The summed E-state index contributed by atoms with van der Waals surface area (Å²) in [6, 6.07) is 8.34. The number of rotatable bonds is 5. The van der Waals surface area contributed by atoms with Crippen molar-refractivity contribution in [2.24, 2.45) is 7.05 Å². The second-order valence-corrected chi connectivity index (χ2v) is 8.27. The van der Waals surface area contributed by atoms with Crippen molar-refractivity contribution in [3.63, 3.8) is 0 Å². The summed E-state index contributed by atoms with van der Waals surface area (Å²) in [6.07, 6.45) is 10.1. The molecule has 2 aliphatic rings. The third kappa shape index (κ3) is 3.18. The first kappa shape index (κ1) is 17.7. The topological polar surface area (TPSA) is 38.1 Å². The molecule has 26 heavy (non-hydrogen) atoms. The molecule has 1 fully saturated rings. The van der Waals surface area contributed by atoms with Crippen molar-refractivity contribution in [2.75, 3.05) is 6.26 Å². The molecular formula is C21H27N3OS. The number of benzene rings is 1. The fourth-order valence-corrected chi connectivity index (χ4v) is 5.13. The molecule has 1 aromatic heterocycles. The van der Waals surface area contributed by atoms with Crippen molar-refractivity contribution in [1.29, 1.82) is 0 Å². The Bertz CT molecular complexity index is 808. The van der Waals surface area contributed by atoms with E-state index in [1.807, 2.05) is 42.3 Å². The number of amides is 1. The van der Waals surface area contributed by atoms with Gasteiger partial charge in [-0.3, -0.25) is 9.48 Å². The number of carbonyl (C=O) groups excluding carboxylic acids is 1. The normalized spacial score (nSPS) is 16.8.